The molecular weight excluding hydrogens is 329 g/mol. The van der Waals surface area contributed by atoms with Gasteiger partial charge in [-0.15, -0.1) is 11.3 Å². The first kappa shape index (κ1) is 12.1. The van der Waals surface area contributed by atoms with Gasteiger partial charge in [-0.1, -0.05) is 31.2 Å². The third-order valence-electron chi connectivity index (χ3n) is 2.69. The molecule has 0 aliphatic rings. The first-order chi connectivity index (χ1) is 7.70. The number of thiophene rings is 1. The van der Waals surface area contributed by atoms with Gasteiger partial charge in [0.1, 0.15) is 0 Å². The topological polar surface area (TPSA) is 26.0 Å². The molecule has 0 saturated carbocycles. The van der Waals surface area contributed by atoms with E-state index >= 15 is 0 Å². The van der Waals surface area contributed by atoms with Crippen LogP contribution >= 0.6 is 33.9 Å². The molecule has 1 unspecified atom stereocenters. The zero-order valence-corrected chi connectivity index (χ0v) is 12.1. The summed E-state index contributed by atoms with van der Waals surface area (Å²) in [6, 6.07) is 10.7. The fraction of sp³-hybridized carbons (Fsp3) is 0.231. The van der Waals surface area contributed by atoms with E-state index in [9.17, 15) is 0 Å². The summed E-state index contributed by atoms with van der Waals surface area (Å²) in [4.78, 5) is 0. The van der Waals surface area contributed by atoms with Gasteiger partial charge in [-0.3, -0.25) is 0 Å². The van der Waals surface area contributed by atoms with E-state index in [1.165, 1.54) is 19.6 Å². The summed E-state index contributed by atoms with van der Waals surface area (Å²) in [5.41, 5.74) is 9.98. The molecule has 16 heavy (non-hydrogen) atoms. The number of aryl methyl sites for hydroxylation is 1. The van der Waals surface area contributed by atoms with Crippen molar-refractivity contribution in [2.45, 2.75) is 19.4 Å². The molecule has 0 spiro atoms. The van der Waals surface area contributed by atoms with E-state index in [1.807, 2.05) is 0 Å². The predicted octanol–water partition coefficient (Wildman–Crippen LogP) is 3.96. The second-order valence-electron chi connectivity index (χ2n) is 3.76. The smallest absolute Gasteiger partial charge is 0.0656 e. The zero-order chi connectivity index (χ0) is 11.5. The summed E-state index contributed by atoms with van der Waals surface area (Å²) in [6.45, 7) is 2.16. The van der Waals surface area contributed by atoms with Crippen molar-refractivity contribution in [3.63, 3.8) is 0 Å². The Morgan fingerprint density at radius 1 is 1.25 bits per heavy atom. The van der Waals surface area contributed by atoms with Crippen molar-refractivity contribution < 1.29 is 0 Å². The highest BCUT2D eigenvalue weighted by molar-refractivity contribution is 14.1. The lowest BCUT2D eigenvalue weighted by atomic mass is 10.0. The standard InChI is InChI=1S/C13H14INS/c1-2-9-3-5-10(6-4-9)13(15)11-7-12(14)16-8-11/h3-8,13H,2,15H2,1H3. The number of nitrogens with two attached hydrogens (primary N) is 1. The molecule has 0 fully saturated rings. The molecule has 84 valence electrons. The molecule has 0 aliphatic carbocycles. The van der Waals surface area contributed by atoms with Gasteiger partial charge in [0.15, 0.2) is 0 Å². The summed E-state index contributed by atoms with van der Waals surface area (Å²) < 4.78 is 1.29. The molecule has 1 atom stereocenters. The maximum absolute atomic E-state index is 6.22. The maximum atomic E-state index is 6.22. The lowest BCUT2D eigenvalue weighted by Crippen LogP contribution is -2.10. The zero-order valence-electron chi connectivity index (χ0n) is 9.11. The van der Waals surface area contributed by atoms with Gasteiger partial charge in [0.2, 0.25) is 0 Å². The van der Waals surface area contributed by atoms with Crippen LogP contribution in [0.15, 0.2) is 35.7 Å². The van der Waals surface area contributed by atoms with Crippen LogP contribution < -0.4 is 5.73 Å². The minimum Gasteiger partial charge on any atom is -0.320 e. The summed E-state index contributed by atoms with van der Waals surface area (Å²) in [5, 5.41) is 2.14. The SMILES string of the molecule is CCc1ccc(C(N)c2csc(I)c2)cc1. The highest BCUT2D eigenvalue weighted by Gasteiger charge is 2.10. The second-order valence-corrected chi connectivity index (χ2v) is 6.56. The molecule has 0 saturated heterocycles. The van der Waals surface area contributed by atoms with Crippen molar-refractivity contribution in [3.05, 3.63) is 55.3 Å². The summed E-state index contributed by atoms with van der Waals surface area (Å²) >= 11 is 4.07. The van der Waals surface area contributed by atoms with Crippen LogP contribution in [-0.4, -0.2) is 0 Å². The monoisotopic (exact) mass is 343 g/mol. The summed E-state index contributed by atoms with van der Waals surface area (Å²) in [6.07, 6.45) is 1.08. The van der Waals surface area contributed by atoms with Gasteiger partial charge in [0.25, 0.3) is 0 Å². The number of hydrogen-bond donors (Lipinski definition) is 1. The van der Waals surface area contributed by atoms with Gasteiger partial charge < -0.3 is 5.73 Å². The Kier molecular flexibility index (Phi) is 4.00. The quantitative estimate of drug-likeness (QED) is 0.839. The van der Waals surface area contributed by atoms with Gasteiger partial charge in [-0.2, -0.15) is 0 Å². The van der Waals surface area contributed by atoms with E-state index in [1.54, 1.807) is 11.3 Å². The number of benzene rings is 1. The molecule has 1 aromatic heterocycles. The van der Waals surface area contributed by atoms with Gasteiger partial charge in [0.05, 0.1) is 8.93 Å². The average molecular weight is 343 g/mol. The first-order valence-electron chi connectivity index (χ1n) is 5.29. The Hall–Kier alpha value is -0.390. The Bertz CT molecular complexity index is 461. The molecule has 2 rings (SSSR count). The van der Waals surface area contributed by atoms with E-state index in [2.05, 4.69) is 65.2 Å². The highest BCUT2D eigenvalue weighted by atomic mass is 127. The lowest BCUT2D eigenvalue weighted by Gasteiger charge is -2.10. The van der Waals surface area contributed by atoms with Crippen molar-refractivity contribution in [1.82, 2.24) is 0 Å². The van der Waals surface area contributed by atoms with Crippen molar-refractivity contribution in [2.24, 2.45) is 5.73 Å². The van der Waals surface area contributed by atoms with Gasteiger partial charge in [-0.05, 0) is 57.1 Å². The number of halogens is 1. The van der Waals surface area contributed by atoms with E-state index in [0.717, 1.165) is 6.42 Å². The summed E-state index contributed by atoms with van der Waals surface area (Å²) in [7, 11) is 0. The van der Waals surface area contributed by atoms with E-state index in [-0.39, 0.29) is 6.04 Å². The van der Waals surface area contributed by atoms with Crippen LogP contribution in [-0.2, 0) is 6.42 Å². The van der Waals surface area contributed by atoms with E-state index in [0.29, 0.717) is 0 Å². The Balaban J connectivity index is 2.23. The van der Waals surface area contributed by atoms with Crippen molar-refractivity contribution in [1.29, 1.82) is 0 Å². The minimum absolute atomic E-state index is 0.00525. The largest absolute Gasteiger partial charge is 0.320 e. The Labute approximate surface area is 114 Å². The van der Waals surface area contributed by atoms with Crippen LogP contribution in [0.1, 0.15) is 29.7 Å². The fourth-order valence-corrected chi connectivity index (χ4v) is 3.05. The second kappa shape index (κ2) is 5.29. The van der Waals surface area contributed by atoms with Crippen molar-refractivity contribution in [2.75, 3.05) is 0 Å². The average Bonchev–Trinajstić information content (AvgIpc) is 2.75. The van der Waals surface area contributed by atoms with Crippen LogP contribution in [0.4, 0.5) is 0 Å². The number of hydrogen-bond acceptors (Lipinski definition) is 2. The van der Waals surface area contributed by atoms with Gasteiger partial charge in [-0.25, -0.2) is 0 Å². The normalized spacial score (nSPS) is 12.7. The Morgan fingerprint density at radius 2 is 1.94 bits per heavy atom. The van der Waals surface area contributed by atoms with E-state index < -0.39 is 0 Å². The third kappa shape index (κ3) is 2.64. The van der Waals surface area contributed by atoms with Gasteiger partial charge in [0, 0.05) is 0 Å². The maximum Gasteiger partial charge on any atom is 0.0656 e. The number of rotatable bonds is 3. The van der Waals surface area contributed by atoms with Crippen LogP contribution in [0, 0.1) is 2.88 Å². The molecule has 1 nitrogen and oxygen atoms in total. The Morgan fingerprint density at radius 3 is 2.44 bits per heavy atom. The molecule has 0 radical (unpaired) electrons. The molecule has 0 bridgehead atoms. The molecule has 2 aromatic rings. The molecule has 2 N–H and O–H groups in total. The van der Waals surface area contributed by atoms with Crippen LogP contribution in [0.2, 0.25) is 0 Å². The van der Waals surface area contributed by atoms with Crippen molar-refractivity contribution >= 4 is 33.9 Å². The van der Waals surface area contributed by atoms with Crippen LogP contribution in [0.5, 0.6) is 0 Å². The van der Waals surface area contributed by atoms with Crippen LogP contribution in [0.3, 0.4) is 0 Å². The van der Waals surface area contributed by atoms with Crippen molar-refractivity contribution in [3.8, 4) is 0 Å². The molecule has 3 heteroatoms. The summed E-state index contributed by atoms with van der Waals surface area (Å²) in [5.74, 6) is 0. The molecule has 1 aromatic carbocycles. The molecule has 1 heterocycles. The third-order valence-corrected chi connectivity index (χ3v) is 4.50. The van der Waals surface area contributed by atoms with Gasteiger partial charge >= 0.3 is 0 Å². The lowest BCUT2D eigenvalue weighted by molar-refractivity contribution is 0.874. The predicted molar refractivity (Wildman–Crippen MR) is 78.9 cm³/mol. The minimum atomic E-state index is 0.00525. The van der Waals surface area contributed by atoms with Crippen LogP contribution in [0.25, 0.3) is 0 Å². The van der Waals surface area contributed by atoms with E-state index in [4.69, 9.17) is 5.73 Å². The highest BCUT2D eigenvalue weighted by Crippen LogP contribution is 2.25. The molecule has 0 amide bonds. The molecule has 0 aliphatic heterocycles. The molecular formula is C13H14INS. The first-order valence-corrected chi connectivity index (χ1v) is 7.25. The fourth-order valence-electron chi connectivity index (χ4n) is 1.64.